The molecule has 1 aliphatic heterocycles. The zero-order chi connectivity index (χ0) is 12.3. The van der Waals surface area contributed by atoms with E-state index in [0.29, 0.717) is 0 Å². The van der Waals surface area contributed by atoms with E-state index in [2.05, 4.69) is 23.7 Å². The molecule has 0 bridgehead atoms. The summed E-state index contributed by atoms with van der Waals surface area (Å²) in [4.78, 5) is 14.4. The van der Waals surface area contributed by atoms with Crippen molar-refractivity contribution in [1.82, 2.24) is 14.8 Å². The molecule has 2 heterocycles. The molecule has 4 heteroatoms. The second-order valence-corrected chi connectivity index (χ2v) is 4.64. The van der Waals surface area contributed by atoms with Crippen LogP contribution in [0.2, 0.25) is 0 Å². The number of amides is 1. The molecule has 1 unspecified atom stereocenters. The Morgan fingerprint density at radius 1 is 1.59 bits per heavy atom. The van der Waals surface area contributed by atoms with Gasteiger partial charge >= 0.3 is 0 Å². The van der Waals surface area contributed by atoms with Crippen molar-refractivity contribution in [3.05, 3.63) is 24.0 Å². The largest absolute Gasteiger partial charge is 0.344 e. The highest BCUT2D eigenvalue weighted by atomic mass is 16.2. The summed E-state index contributed by atoms with van der Waals surface area (Å²) < 4.78 is 2.05. The molecule has 0 aliphatic carbocycles. The van der Waals surface area contributed by atoms with Crippen molar-refractivity contribution in [2.24, 2.45) is 0 Å². The first-order chi connectivity index (χ1) is 8.24. The third-order valence-electron chi connectivity index (χ3n) is 3.28. The van der Waals surface area contributed by atoms with Gasteiger partial charge in [0.2, 0.25) is 0 Å². The van der Waals surface area contributed by atoms with Gasteiger partial charge in [0, 0.05) is 38.4 Å². The van der Waals surface area contributed by atoms with Crippen molar-refractivity contribution < 1.29 is 4.79 Å². The smallest absolute Gasteiger partial charge is 0.270 e. The highest BCUT2D eigenvalue weighted by molar-refractivity contribution is 5.93. The third-order valence-corrected chi connectivity index (χ3v) is 3.28. The number of carbonyl (C=O) groups is 1. The summed E-state index contributed by atoms with van der Waals surface area (Å²) in [7, 11) is 0. The fourth-order valence-corrected chi connectivity index (χ4v) is 2.33. The molecule has 1 aromatic rings. The Bertz CT molecular complexity index is 386. The lowest BCUT2D eigenvalue weighted by molar-refractivity contribution is 0.0644. The number of rotatable bonds is 3. The van der Waals surface area contributed by atoms with E-state index in [1.807, 2.05) is 23.2 Å². The Morgan fingerprint density at radius 2 is 2.41 bits per heavy atom. The summed E-state index contributed by atoms with van der Waals surface area (Å²) in [6.45, 7) is 7.72. The number of nitrogens with one attached hydrogen (secondary N) is 1. The molecular formula is C13H21N3O. The van der Waals surface area contributed by atoms with Gasteiger partial charge in [-0.1, -0.05) is 6.92 Å². The third kappa shape index (κ3) is 2.52. The first-order valence-electron chi connectivity index (χ1n) is 6.41. The summed E-state index contributed by atoms with van der Waals surface area (Å²) in [5.74, 6) is 0.164. The van der Waals surface area contributed by atoms with Crippen LogP contribution in [0.4, 0.5) is 0 Å². The number of hydrogen-bond donors (Lipinski definition) is 1. The Morgan fingerprint density at radius 3 is 3.12 bits per heavy atom. The molecule has 1 saturated heterocycles. The summed E-state index contributed by atoms with van der Waals surface area (Å²) in [5.41, 5.74) is 0.820. The number of hydrogen-bond acceptors (Lipinski definition) is 2. The van der Waals surface area contributed by atoms with Gasteiger partial charge < -0.3 is 14.8 Å². The highest BCUT2D eigenvalue weighted by Gasteiger charge is 2.25. The summed E-state index contributed by atoms with van der Waals surface area (Å²) >= 11 is 0. The first kappa shape index (κ1) is 12.2. The van der Waals surface area contributed by atoms with E-state index in [4.69, 9.17) is 0 Å². The van der Waals surface area contributed by atoms with E-state index in [0.717, 1.165) is 38.3 Å². The Hall–Kier alpha value is -1.29. The van der Waals surface area contributed by atoms with E-state index >= 15 is 0 Å². The molecule has 1 amide bonds. The number of nitrogens with zero attached hydrogens (tertiary/aromatic N) is 2. The monoisotopic (exact) mass is 235 g/mol. The lowest BCUT2D eigenvalue weighted by Crippen LogP contribution is -2.52. The van der Waals surface area contributed by atoms with Crippen LogP contribution in [-0.4, -0.2) is 41.1 Å². The predicted molar refractivity (Wildman–Crippen MR) is 68.1 cm³/mol. The maximum atomic E-state index is 12.4. The van der Waals surface area contributed by atoms with E-state index in [1.165, 1.54) is 0 Å². The second kappa shape index (κ2) is 5.36. The van der Waals surface area contributed by atoms with Gasteiger partial charge in [-0.2, -0.15) is 0 Å². The van der Waals surface area contributed by atoms with E-state index in [9.17, 15) is 4.79 Å². The van der Waals surface area contributed by atoms with Crippen molar-refractivity contribution in [3.63, 3.8) is 0 Å². The van der Waals surface area contributed by atoms with E-state index in [-0.39, 0.29) is 11.9 Å². The van der Waals surface area contributed by atoms with Crippen LogP contribution in [0.1, 0.15) is 30.8 Å². The van der Waals surface area contributed by atoms with Gasteiger partial charge in [0.15, 0.2) is 0 Å². The molecule has 1 aliphatic rings. The predicted octanol–water partition coefficient (Wildman–Crippen LogP) is 1.33. The Labute approximate surface area is 103 Å². The van der Waals surface area contributed by atoms with Crippen molar-refractivity contribution >= 4 is 5.91 Å². The van der Waals surface area contributed by atoms with Crippen molar-refractivity contribution in [3.8, 4) is 0 Å². The molecule has 1 aromatic heterocycles. The lowest BCUT2D eigenvalue weighted by Gasteiger charge is -2.34. The minimum absolute atomic E-state index is 0.164. The first-order valence-corrected chi connectivity index (χ1v) is 6.41. The molecule has 2 rings (SSSR count). The molecule has 0 spiro atoms. The Balaban J connectivity index is 2.15. The zero-order valence-electron chi connectivity index (χ0n) is 10.6. The minimum Gasteiger partial charge on any atom is -0.344 e. The normalized spacial score (nSPS) is 20.6. The number of piperazine rings is 1. The van der Waals surface area contributed by atoms with Gasteiger partial charge in [-0.15, -0.1) is 0 Å². The quantitative estimate of drug-likeness (QED) is 0.858. The highest BCUT2D eigenvalue weighted by Crippen LogP contribution is 2.11. The van der Waals surface area contributed by atoms with Crippen LogP contribution in [-0.2, 0) is 6.54 Å². The van der Waals surface area contributed by atoms with Gasteiger partial charge in [-0.05, 0) is 25.5 Å². The van der Waals surface area contributed by atoms with Crippen molar-refractivity contribution in [2.45, 2.75) is 32.9 Å². The van der Waals surface area contributed by atoms with Crippen molar-refractivity contribution in [2.75, 3.05) is 19.6 Å². The molecule has 4 nitrogen and oxygen atoms in total. The molecule has 94 valence electrons. The number of aryl methyl sites for hydroxylation is 1. The van der Waals surface area contributed by atoms with Crippen molar-refractivity contribution in [1.29, 1.82) is 0 Å². The van der Waals surface area contributed by atoms with Crippen LogP contribution in [0.5, 0.6) is 0 Å². The lowest BCUT2D eigenvalue weighted by atomic mass is 10.2. The zero-order valence-corrected chi connectivity index (χ0v) is 10.6. The van der Waals surface area contributed by atoms with Gasteiger partial charge in [-0.3, -0.25) is 4.79 Å². The van der Waals surface area contributed by atoms with Crippen LogP contribution < -0.4 is 5.32 Å². The summed E-state index contributed by atoms with van der Waals surface area (Å²) in [5, 5.41) is 3.30. The molecule has 0 radical (unpaired) electrons. The average molecular weight is 235 g/mol. The molecule has 0 aromatic carbocycles. The topological polar surface area (TPSA) is 37.3 Å². The SMILES string of the molecule is CCCn1cccc1C(=O)N1CCNCC1C. The van der Waals surface area contributed by atoms with Crippen LogP contribution in [0.15, 0.2) is 18.3 Å². The molecule has 0 saturated carbocycles. The average Bonchev–Trinajstić information content (AvgIpc) is 2.78. The van der Waals surface area contributed by atoms with Gasteiger partial charge in [0.05, 0.1) is 0 Å². The Kier molecular flexibility index (Phi) is 3.84. The fraction of sp³-hybridized carbons (Fsp3) is 0.615. The van der Waals surface area contributed by atoms with Crippen LogP contribution in [0.3, 0.4) is 0 Å². The summed E-state index contributed by atoms with van der Waals surface area (Å²) in [6, 6.07) is 4.16. The molecule has 1 fully saturated rings. The molecule has 1 atom stereocenters. The van der Waals surface area contributed by atoms with Crippen LogP contribution >= 0.6 is 0 Å². The maximum absolute atomic E-state index is 12.4. The van der Waals surface area contributed by atoms with Gasteiger partial charge in [0.25, 0.3) is 5.91 Å². The van der Waals surface area contributed by atoms with Gasteiger partial charge in [0.1, 0.15) is 5.69 Å². The molecule has 17 heavy (non-hydrogen) atoms. The number of carbonyl (C=O) groups excluding carboxylic acids is 1. The number of aromatic nitrogens is 1. The van der Waals surface area contributed by atoms with Gasteiger partial charge in [-0.25, -0.2) is 0 Å². The fourth-order valence-electron chi connectivity index (χ4n) is 2.33. The van der Waals surface area contributed by atoms with Crippen LogP contribution in [0.25, 0.3) is 0 Å². The molecule has 1 N–H and O–H groups in total. The second-order valence-electron chi connectivity index (χ2n) is 4.64. The van der Waals surface area contributed by atoms with Crippen LogP contribution in [0, 0.1) is 0 Å². The minimum atomic E-state index is 0.164. The molecular weight excluding hydrogens is 214 g/mol. The standard InChI is InChI=1S/C13H21N3O/c1-3-7-15-8-4-5-12(15)13(17)16-9-6-14-10-11(16)2/h4-5,8,11,14H,3,6-7,9-10H2,1-2H3. The maximum Gasteiger partial charge on any atom is 0.270 e. The summed E-state index contributed by atoms with van der Waals surface area (Å²) in [6.07, 6.45) is 3.04. The van der Waals surface area contributed by atoms with E-state index in [1.54, 1.807) is 0 Å². The van der Waals surface area contributed by atoms with E-state index < -0.39 is 0 Å².